The predicted octanol–water partition coefficient (Wildman–Crippen LogP) is 0.345. The Balaban J connectivity index is 1.98. The van der Waals surface area contributed by atoms with Gasteiger partial charge in [-0.1, -0.05) is 12.1 Å². The van der Waals surface area contributed by atoms with Gasteiger partial charge in [0, 0.05) is 13.1 Å². The molecule has 0 bridgehead atoms. The van der Waals surface area contributed by atoms with Crippen molar-refractivity contribution >= 4 is 0 Å². The lowest BCUT2D eigenvalue weighted by atomic mass is 10.2. The molecule has 0 saturated carbocycles. The number of aliphatic hydroxyl groups is 1. The maximum Gasteiger partial charge on any atom is 0.252 e. The lowest BCUT2D eigenvalue weighted by Gasteiger charge is -2.30. The summed E-state index contributed by atoms with van der Waals surface area (Å²) in [6, 6.07) is 0. The van der Waals surface area contributed by atoms with Crippen molar-refractivity contribution in [2.75, 3.05) is 26.2 Å². The highest BCUT2D eigenvalue weighted by atomic mass is 16.5. The Morgan fingerprint density at radius 3 is 3.12 bits per heavy atom. The van der Waals surface area contributed by atoms with Gasteiger partial charge in [0.2, 0.25) is 5.82 Å². The molecule has 6 heteroatoms. The molecule has 0 radical (unpaired) electrons. The van der Waals surface area contributed by atoms with Gasteiger partial charge in [0.15, 0.2) is 0 Å². The number of morpholine rings is 1. The third kappa shape index (κ3) is 2.58. The molecule has 1 unspecified atom stereocenters. The molecule has 1 N–H and O–H groups in total. The first-order valence-electron chi connectivity index (χ1n) is 5.60. The van der Waals surface area contributed by atoms with Crippen LogP contribution in [0.4, 0.5) is 0 Å². The van der Waals surface area contributed by atoms with E-state index in [0.29, 0.717) is 12.4 Å². The van der Waals surface area contributed by atoms with Gasteiger partial charge in [-0.3, -0.25) is 4.90 Å². The van der Waals surface area contributed by atoms with Gasteiger partial charge in [0.05, 0.1) is 6.61 Å². The van der Waals surface area contributed by atoms with Gasteiger partial charge >= 0.3 is 0 Å². The number of rotatable bonds is 4. The molecule has 1 aliphatic heterocycles. The lowest BCUT2D eigenvalue weighted by molar-refractivity contribution is -0.0350. The third-order valence-electron chi connectivity index (χ3n) is 2.60. The van der Waals surface area contributed by atoms with Crippen molar-refractivity contribution in [3.05, 3.63) is 11.7 Å². The highest BCUT2D eigenvalue weighted by Crippen LogP contribution is 2.19. The van der Waals surface area contributed by atoms with E-state index in [1.54, 1.807) is 0 Å². The molecule has 0 spiro atoms. The molecule has 90 valence electrons. The predicted molar refractivity (Wildman–Crippen MR) is 55.6 cm³/mol. The highest BCUT2D eigenvalue weighted by molar-refractivity contribution is 4.93. The van der Waals surface area contributed by atoms with Crippen molar-refractivity contribution < 1.29 is 14.4 Å². The van der Waals surface area contributed by atoms with Crippen molar-refractivity contribution in [1.29, 1.82) is 0 Å². The van der Waals surface area contributed by atoms with Crippen LogP contribution in [0.25, 0.3) is 0 Å². The molecule has 16 heavy (non-hydrogen) atoms. The summed E-state index contributed by atoms with van der Waals surface area (Å²) in [5.74, 6) is 0.774. The molecule has 0 aliphatic carbocycles. The van der Waals surface area contributed by atoms with Crippen LogP contribution in [0.1, 0.15) is 31.2 Å². The van der Waals surface area contributed by atoms with Gasteiger partial charge in [-0.05, 0) is 13.0 Å². The number of hydrogen-bond acceptors (Lipinski definition) is 6. The van der Waals surface area contributed by atoms with Crippen LogP contribution in [-0.2, 0) is 11.3 Å². The molecular weight excluding hydrogens is 210 g/mol. The summed E-state index contributed by atoms with van der Waals surface area (Å²) in [7, 11) is 0. The quantitative estimate of drug-likeness (QED) is 0.800. The average molecular weight is 227 g/mol. The fourth-order valence-corrected chi connectivity index (χ4v) is 1.84. The van der Waals surface area contributed by atoms with Crippen LogP contribution in [0.2, 0.25) is 0 Å². The summed E-state index contributed by atoms with van der Waals surface area (Å²) >= 11 is 0. The minimum Gasteiger partial charge on any atom is -0.387 e. The Bertz CT molecular complexity index is 327. The molecule has 1 aliphatic rings. The third-order valence-corrected chi connectivity index (χ3v) is 2.60. The van der Waals surface area contributed by atoms with Crippen LogP contribution in [0, 0.1) is 0 Å². The maximum atomic E-state index is 8.84. The molecule has 6 nitrogen and oxygen atoms in total. The van der Waals surface area contributed by atoms with Crippen LogP contribution in [0.15, 0.2) is 4.52 Å². The molecule has 1 atom stereocenters. The molecule has 0 aromatic carbocycles. The second kappa shape index (κ2) is 5.38. The zero-order valence-electron chi connectivity index (χ0n) is 9.43. The first kappa shape index (κ1) is 11.5. The van der Waals surface area contributed by atoms with E-state index in [1.807, 2.05) is 0 Å². The van der Waals surface area contributed by atoms with Crippen molar-refractivity contribution in [2.45, 2.75) is 26.1 Å². The normalized spacial score (nSPS) is 22.5. The second-order valence-corrected chi connectivity index (χ2v) is 3.86. The minimum absolute atomic E-state index is 0.135. The largest absolute Gasteiger partial charge is 0.387 e. The first-order chi connectivity index (χ1) is 7.83. The van der Waals surface area contributed by atoms with E-state index >= 15 is 0 Å². The van der Waals surface area contributed by atoms with E-state index in [0.717, 1.165) is 26.1 Å². The highest BCUT2D eigenvalue weighted by Gasteiger charge is 2.25. The van der Waals surface area contributed by atoms with Crippen molar-refractivity contribution in [3.63, 3.8) is 0 Å². The number of nitrogens with zero attached hydrogens (tertiary/aromatic N) is 3. The number of ether oxygens (including phenoxy) is 1. The second-order valence-electron chi connectivity index (χ2n) is 3.86. The van der Waals surface area contributed by atoms with Crippen LogP contribution in [-0.4, -0.2) is 46.4 Å². The summed E-state index contributed by atoms with van der Waals surface area (Å²) in [5, 5.41) is 12.6. The van der Waals surface area contributed by atoms with E-state index in [-0.39, 0.29) is 18.6 Å². The SMILES string of the molecule is CCCN1CCOC(c2noc(CO)n2)C1. The Labute approximate surface area is 94.2 Å². The van der Waals surface area contributed by atoms with Gasteiger partial charge in [0.25, 0.3) is 5.89 Å². The lowest BCUT2D eigenvalue weighted by Crippen LogP contribution is -2.39. The zero-order valence-corrected chi connectivity index (χ0v) is 9.43. The Hall–Kier alpha value is -0.980. The number of aliphatic hydroxyl groups excluding tert-OH is 1. The minimum atomic E-state index is -0.224. The Kier molecular flexibility index (Phi) is 3.87. The van der Waals surface area contributed by atoms with E-state index < -0.39 is 0 Å². The van der Waals surface area contributed by atoms with E-state index in [9.17, 15) is 0 Å². The van der Waals surface area contributed by atoms with E-state index in [2.05, 4.69) is 22.0 Å². The van der Waals surface area contributed by atoms with Crippen molar-refractivity contribution in [1.82, 2.24) is 15.0 Å². The molecule has 0 amide bonds. The van der Waals surface area contributed by atoms with E-state index in [4.69, 9.17) is 14.4 Å². The van der Waals surface area contributed by atoms with Gasteiger partial charge in [-0.2, -0.15) is 4.98 Å². The Morgan fingerprint density at radius 2 is 2.44 bits per heavy atom. The smallest absolute Gasteiger partial charge is 0.252 e. The molecule has 1 saturated heterocycles. The number of hydrogen-bond donors (Lipinski definition) is 1. The average Bonchev–Trinajstić information content (AvgIpc) is 2.78. The van der Waals surface area contributed by atoms with Crippen LogP contribution in [0.5, 0.6) is 0 Å². The monoisotopic (exact) mass is 227 g/mol. The van der Waals surface area contributed by atoms with Gasteiger partial charge < -0.3 is 14.4 Å². The Morgan fingerprint density at radius 1 is 1.56 bits per heavy atom. The molecule has 2 heterocycles. The summed E-state index contributed by atoms with van der Waals surface area (Å²) in [5.41, 5.74) is 0. The fraction of sp³-hybridized carbons (Fsp3) is 0.800. The molecule has 1 fully saturated rings. The van der Waals surface area contributed by atoms with Gasteiger partial charge in [0.1, 0.15) is 12.7 Å². The summed E-state index contributed by atoms with van der Waals surface area (Å²) in [6.45, 7) is 5.42. The fourth-order valence-electron chi connectivity index (χ4n) is 1.84. The van der Waals surface area contributed by atoms with Gasteiger partial charge in [-0.25, -0.2) is 0 Å². The topological polar surface area (TPSA) is 71.6 Å². The summed E-state index contributed by atoms with van der Waals surface area (Å²) in [6.07, 6.45) is 0.991. The molecule has 2 rings (SSSR count). The van der Waals surface area contributed by atoms with Crippen LogP contribution in [0.3, 0.4) is 0 Å². The summed E-state index contributed by atoms with van der Waals surface area (Å²) in [4.78, 5) is 6.39. The molecule has 1 aromatic heterocycles. The maximum absolute atomic E-state index is 8.84. The zero-order chi connectivity index (χ0) is 11.4. The molecular formula is C10H17N3O3. The first-order valence-corrected chi connectivity index (χ1v) is 5.60. The van der Waals surface area contributed by atoms with Crippen molar-refractivity contribution in [2.24, 2.45) is 0 Å². The van der Waals surface area contributed by atoms with Crippen LogP contribution >= 0.6 is 0 Å². The number of aromatic nitrogens is 2. The van der Waals surface area contributed by atoms with Gasteiger partial charge in [-0.15, -0.1) is 0 Å². The molecule has 1 aromatic rings. The standard InChI is InChI=1S/C10H17N3O3/c1-2-3-13-4-5-15-8(6-13)10-11-9(7-14)16-12-10/h8,14H,2-7H2,1H3. The van der Waals surface area contributed by atoms with Crippen LogP contribution < -0.4 is 0 Å². The van der Waals surface area contributed by atoms with Crippen molar-refractivity contribution in [3.8, 4) is 0 Å². The summed E-state index contributed by atoms with van der Waals surface area (Å²) < 4.78 is 10.4. The van der Waals surface area contributed by atoms with E-state index in [1.165, 1.54) is 0 Å².